The number of carbonyl (C=O) groups excluding carboxylic acids is 2. The van der Waals surface area contributed by atoms with Gasteiger partial charge in [0.2, 0.25) is 10.0 Å². The van der Waals surface area contributed by atoms with Crippen LogP contribution in [0.4, 0.5) is 11.4 Å². The van der Waals surface area contributed by atoms with Crippen molar-refractivity contribution in [3.8, 4) is 0 Å². The average Bonchev–Trinajstić information content (AvgIpc) is 2.79. The summed E-state index contributed by atoms with van der Waals surface area (Å²) in [6.45, 7) is 3.99. The second-order valence-electron chi connectivity index (χ2n) is 7.28. The number of ether oxygens (including phenoxy) is 2. The molecule has 0 aromatic heterocycles. The highest BCUT2D eigenvalue weighted by Crippen LogP contribution is 2.23. The van der Waals surface area contributed by atoms with E-state index in [9.17, 15) is 28.1 Å². The van der Waals surface area contributed by atoms with Gasteiger partial charge in [0.1, 0.15) is 0 Å². The number of carbonyl (C=O) groups is 2. The van der Waals surface area contributed by atoms with Gasteiger partial charge in [-0.2, -0.15) is 4.31 Å². The second-order valence-corrected chi connectivity index (χ2v) is 9.22. The summed E-state index contributed by atoms with van der Waals surface area (Å²) in [4.78, 5) is 35.4. The zero-order chi connectivity index (χ0) is 24.2. The minimum atomic E-state index is -3.66. The van der Waals surface area contributed by atoms with Crippen LogP contribution in [0, 0.1) is 17.0 Å². The minimum Gasteiger partial charge on any atom is -0.449 e. The lowest BCUT2D eigenvalue weighted by molar-refractivity contribution is -0.385. The molecule has 3 rings (SSSR count). The van der Waals surface area contributed by atoms with Crippen molar-refractivity contribution in [3.63, 3.8) is 0 Å². The molecule has 2 aromatic rings. The Labute approximate surface area is 190 Å². The Morgan fingerprint density at radius 3 is 2.39 bits per heavy atom. The van der Waals surface area contributed by atoms with E-state index in [1.54, 1.807) is 0 Å². The molecule has 0 spiro atoms. The number of benzene rings is 2. The number of anilines is 1. The molecule has 33 heavy (non-hydrogen) atoms. The zero-order valence-corrected chi connectivity index (χ0v) is 18.8. The predicted molar refractivity (Wildman–Crippen MR) is 117 cm³/mol. The maximum Gasteiger partial charge on any atom is 0.339 e. The molecule has 2 aromatic carbocycles. The van der Waals surface area contributed by atoms with E-state index in [0.29, 0.717) is 18.9 Å². The van der Waals surface area contributed by atoms with E-state index in [-0.39, 0.29) is 34.8 Å². The van der Waals surface area contributed by atoms with Crippen molar-refractivity contribution in [2.75, 3.05) is 31.6 Å². The molecule has 12 heteroatoms. The van der Waals surface area contributed by atoms with Gasteiger partial charge in [-0.25, -0.2) is 13.2 Å². The van der Waals surface area contributed by atoms with Gasteiger partial charge in [0.25, 0.3) is 11.6 Å². The lowest BCUT2D eigenvalue weighted by Crippen LogP contribution is -2.40. The number of morpholine rings is 1. The third-order valence-corrected chi connectivity index (χ3v) is 7.02. The van der Waals surface area contributed by atoms with Crippen LogP contribution in [0.5, 0.6) is 0 Å². The van der Waals surface area contributed by atoms with Gasteiger partial charge in [-0.1, -0.05) is 6.07 Å². The molecule has 1 saturated heterocycles. The molecule has 1 N–H and O–H groups in total. The highest BCUT2D eigenvalue weighted by Gasteiger charge is 2.27. The van der Waals surface area contributed by atoms with Gasteiger partial charge in [0, 0.05) is 30.4 Å². The second kappa shape index (κ2) is 10.1. The summed E-state index contributed by atoms with van der Waals surface area (Å²) in [6, 6.07) is 9.63. The third kappa shape index (κ3) is 5.53. The molecular weight excluding hydrogens is 454 g/mol. The highest BCUT2D eigenvalue weighted by atomic mass is 32.2. The Bertz CT molecular complexity index is 1160. The number of amides is 1. The van der Waals surface area contributed by atoms with E-state index in [2.05, 4.69) is 5.32 Å². The summed E-state index contributed by atoms with van der Waals surface area (Å²) < 4.78 is 37.0. The summed E-state index contributed by atoms with van der Waals surface area (Å²) >= 11 is 0. The summed E-state index contributed by atoms with van der Waals surface area (Å²) in [5, 5.41) is 13.6. The maximum absolute atomic E-state index is 12.7. The number of rotatable bonds is 7. The SMILES string of the molecule is Cc1c(C(=O)OC(C)C(=O)Nc2ccc(S(=O)(=O)N3CCOCC3)cc2)cccc1[N+](=O)[O-]. The van der Waals surface area contributed by atoms with E-state index in [4.69, 9.17) is 9.47 Å². The van der Waals surface area contributed by atoms with Gasteiger partial charge in [0.15, 0.2) is 6.10 Å². The topological polar surface area (TPSA) is 145 Å². The van der Waals surface area contributed by atoms with E-state index < -0.39 is 32.9 Å². The molecule has 1 fully saturated rings. The number of esters is 1. The van der Waals surface area contributed by atoms with Gasteiger partial charge < -0.3 is 14.8 Å². The number of sulfonamides is 1. The van der Waals surface area contributed by atoms with E-state index in [0.717, 1.165) is 0 Å². The first-order valence-electron chi connectivity index (χ1n) is 10.0. The first kappa shape index (κ1) is 24.3. The molecule has 0 aliphatic carbocycles. The fourth-order valence-corrected chi connectivity index (χ4v) is 4.62. The van der Waals surface area contributed by atoms with Crippen LogP contribution in [0.15, 0.2) is 47.4 Å². The number of nitrogens with zero attached hydrogens (tertiary/aromatic N) is 2. The Kier molecular flexibility index (Phi) is 7.41. The molecule has 0 radical (unpaired) electrons. The van der Waals surface area contributed by atoms with Gasteiger partial charge in [0.05, 0.1) is 28.6 Å². The van der Waals surface area contributed by atoms with Crippen molar-refractivity contribution >= 4 is 33.3 Å². The fourth-order valence-electron chi connectivity index (χ4n) is 3.21. The molecule has 176 valence electrons. The summed E-state index contributed by atoms with van der Waals surface area (Å²) in [7, 11) is -3.66. The lowest BCUT2D eigenvalue weighted by Gasteiger charge is -2.26. The summed E-state index contributed by atoms with van der Waals surface area (Å²) in [5.74, 6) is -1.51. The molecule has 0 saturated carbocycles. The quantitative estimate of drug-likeness (QED) is 0.363. The van der Waals surface area contributed by atoms with Gasteiger partial charge in [-0.3, -0.25) is 14.9 Å². The monoisotopic (exact) mass is 477 g/mol. The number of nitro groups is 1. The van der Waals surface area contributed by atoms with Gasteiger partial charge in [-0.05, 0) is 44.2 Å². The fraction of sp³-hybridized carbons (Fsp3) is 0.333. The van der Waals surface area contributed by atoms with Crippen molar-refractivity contribution in [2.24, 2.45) is 0 Å². The predicted octanol–water partition coefficient (Wildman–Crippen LogP) is 2.11. The minimum absolute atomic E-state index is 0.0125. The Hall–Kier alpha value is -3.35. The van der Waals surface area contributed by atoms with Crippen LogP contribution in [0.3, 0.4) is 0 Å². The van der Waals surface area contributed by atoms with Crippen molar-refractivity contribution < 1.29 is 32.4 Å². The van der Waals surface area contributed by atoms with Crippen LogP contribution in [0.2, 0.25) is 0 Å². The van der Waals surface area contributed by atoms with Crippen LogP contribution in [-0.4, -0.2) is 61.9 Å². The normalized spacial score (nSPS) is 15.5. The van der Waals surface area contributed by atoms with Crippen molar-refractivity contribution in [1.29, 1.82) is 0 Å². The molecular formula is C21H23N3O8S. The molecule has 1 aliphatic rings. The number of hydrogen-bond donors (Lipinski definition) is 1. The largest absolute Gasteiger partial charge is 0.449 e. The van der Waals surface area contributed by atoms with Crippen LogP contribution in [0.25, 0.3) is 0 Å². The van der Waals surface area contributed by atoms with Gasteiger partial charge >= 0.3 is 5.97 Å². The summed E-state index contributed by atoms with van der Waals surface area (Å²) in [6.07, 6.45) is -1.20. The van der Waals surface area contributed by atoms with E-state index in [1.807, 2.05) is 0 Å². The molecule has 1 amide bonds. The van der Waals surface area contributed by atoms with Crippen LogP contribution >= 0.6 is 0 Å². The van der Waals surface area contributed by atoms with Crippen molar-refractivity contribution in [1.82, 2.24) is 4.31 Å². The highest BCUT2D eigenvalue weighted by molar-refractivity contribution is 7.89. The molecule has 0 bridgehead atoms. The zero-order valence-electron chi connectivity index (χ0n) is 18.0. The first-order valence-corrected chi connectivity index (χ1v) is 11.5. The van der Waals surface area contributed by atoms with Crippen molar-refractivity contribution in [3.05, 3.63) is 63.7 Å². The van der Waals surface area contributed by atoms with Crippen LogP contribution in [0.1, 0.15) is 22.8 Å². The summed E-state index contributed by atoms with van der Waals surface area (Å²) in [5.41, 5.74) is 0.211. The third-order valence-electron chi connectivity index (χ3n) is 5.10. The Balaban J connectivity index is 1.63. The molecule has 11 nitrogen and oxygen atoms in total. The molecule has 1 atom stereocenters. The average molecular weight is 477 g/mol. The smallest absolute Gasteiger partial charge is 0.339 e. The van der Waals surface area contributed by atoms with Crippen molar-refractivity contribution in [2.45, 2.75) is 24.8 Å². The standard InChI is InChI=1S/C21H23N3O8S/c1-14-18(4-3-5-19(14)24(27)28)21(26)32-15(2)20(25)22-16-6-8-17(9-7-16)33(29,30)23-10-12-31-13-11-23/h3-9,15H,10-13H2,1-2H3,(H,22,25). The number of nitro benzene ring substituents is 1. The molecule has 1 aliphatic heterocycles. The van der Waals surface area contributed by atoms with E-state index in [1.165, 1.54) is 60.6 Å². The lowest BCUT2D eigenvalue weighted by atomic mass is 10.1. The first-order chi connectivity index (χ1) is 15.6. The van der Waals surface area contributed by atoms with Gasteiger partial charge in [-0.15, -0.1) is 0 Å². The van der Waals surface area contributed by atoms with Crippen LogP contribution in [-0.2, 0) is 24.3 Å². The Morgan fingerprint density at radius 1 is 1.15 bits per heavy atom. The van der Waals surface area contributed by atoms with E-state index >= 15 is 0 Å². The Morgan fingerprint density at radius 2 is 1.79 bits per heavy atom. The maximum atomic E-state index is 12.7. The number of hydrogen-bond acceptors (Lipinski definition) is 8. The molecule has 1 heterocycles. The van der Waals surface area contributed by atoms with Crippen LogP contribution < -0.4 is 5.32 Å². The number of nitrogens with one attached hydrogen (secondary N) is 1. The molecule has 1 unspecified atom stereocenters.